The van der Waals surface area contributed by atoms with E-state index in [-0.39, 0.29) is 17.1 Å². The zero-order valence-corrected chi connectivity index (χ0v) is 11.7. The van der Waals surface area contributed by atoms with E-state index in [0.29, 0.717) is 11.6 Å². The van der Waals surface area contributed by atoms with Crippen molar-refractivity contribution in [3.8, 4) is 17.6 Å². The van der Waals surface area contributed by atoms with Crippen LogP contribution in [-0.4, -0.2) is 18.1 Å². The summed E-state index contributed by atoms with van der Waals surface area (Å²) in [6.07, 6.45) is -3.81. The minimum absolute atomic E-state index is 0.0383. The van der Waals surface area contributed by atoms with Crippen molar-refractivity contribution in [1.29, 1.82) is 5.26 Å². The van der Waals surface area contributed by atoms with Gasteiger partial charge in [0.1, 0.15) is 5.69 Å². The van der Waals surface area contributed by atoms with Gasteiger partial charge in [0, 0.05) is 12.3 Å². The smallest absolute Gasteiger partial charge is 0.433 e. The third kappa shape index (κ3) is 3.77. The van der Waals surface area contributed by atoms with Gasteiger partial charge in [-0.2, -0.15) is 18.4 Å². The number of hydrogen-bond donors (Lipinski definition) is 0. The lowest BCUT2D eigenvalue weighted by Gasteiger charge is -2.10. The molecule has 0 radical (unpaired) electrons. The number of alkyl halides is 3. The predicted molar refractivity (Wildman–Crippen MR) is 71.9 cm³/mol. The van der Waals surface area contributed by atoms with Gasteiger partial charge in [0.25, 0.3) is 0 Å². The van der Waals surface area contributed by atoms with Gasteiger partial charge in [0.2, 0.25) is 0 Å². The molecule has 0 N–H and O–H groups in total. The Kier molecular flexibility index (Phi) is 4.50. The molecule has 0 unspecified atom stereocenters. The molecular weight excluding hydrogens is 313 g/mol. The highest BCUT2D eigenvalue weighted by Gasteiger charge is 2.32. The van der Waals surface area contributed by atoms with Crippen molar-refractivity contribution in [2.24, 2.45) is 0 Å². The Morgan fingerprint density at radius 3 is 2.48 bits per heavy atom. The van der Waals surface area contributed by atoms with Gasteiger partial charge in [0.05, 0.1) is 24.3 Å². The maximum atomic E-state index is 12.4. The van der Waals surface area contributed by atoms with Crippen LogP contribution in [0.5, 0.6) is 11.5 Å². The highest BCUT2D eigenvalue weighted by molar-refractivity contribution is 5.91. The fourth-order valence-corrected chi connectivity index (χ4v) is 1.66. The number of methoxy groups -OCH3 is 1. The molecule has 1 heterocycles. The number of pyridine rings is 1. The Morgan fingerprint density at radius 1 is 1.22 bits per heavy atom. The molecule has 0 saturated heterocycles. The summed E-state index contributed by atoms with van der Waals surface area (Å²) in [5.41, 5.74) is -0.952. The molecule has 2 rings (SSSR count). The van der Waals surface area contributed by atoms with Gasteiger partial charge in [-0.3, -0.25) is 4.98 Å². The maximum Gasteiger partial charge on any atom is 0.433 e. The molecule has 0 spiro atoms. The Hall–Kier alpha value is -3.08. The predicted octanol–water partition coefficient (Wildman–Crippen LogP) is 3.20. The van der Waals surface area contributed by atoms with Gasteiger partial charge in [0.15, 0.2) is 11.5 Å². The van der Waals surface area contributed by atoms with Gasteiger partial charge < -0.3 is 9.47 Å². The van der Waals surface area contributed by atoms with E-state index in [1.807, 2.05) is 6.07 Å². The Morgan fingerprint density at radius 2 is 1.96 bits per heavy atom. The third-order valence-corrected chi connectivity index (χ3v) is 2.79. The maximum absolute atomic E-state index is 12.4. The highest BCUT2D eigenvalue weighted by Crippen LogP contribution is 2.29. The molecule has 2 aromatic rings. The monoisotopic (exact) mass is 322 g/mol. The Balaban J connectivity index is 2.21. The van der Waals surface area contributed by atoms with Crippen LogP contribution >= 0.6 is 0 Å². The van der Waals surface area contributed by atoms with Crippen LogP contribution in [0.25, 0.3) is 0 Å². The molecule has 0 bridgehead atoms. The minimum atomic E-state index is -4.58. The van der Waals surface area contributed by atoms with Crippen molar-refractivity contribution in [2.45, 2.75) is 6.18 Å². The van der Waals surface area contributed by atoms with Crippen LogP contribution in [0.4, 0.5) is 13.2 Å². The molecule has 1 aromatic carbocycles. The molecule has 0 fully saturated rings. The van der Waals surface area contributed by atoms with Gasteiger partial charge in [-0.05, 0) is 24.3 Å². The van der Waals surface area contributed by atoms with E-state index >= 15 is 0 Å². The first-order chi connectivity index (χ1) is 10.8. The minimum Gasteiger partial charge on any atom is -0.493 e. The third-order valence-electron chi connectivity index (χ3n) is 2.79. The SMILES string of the molecule is COc1cc(C#N)ccc1OC(=O)c1ccc(C(F)(F)F)nc1. The number of nitrogens with zero attached hydrogens (tertiary/aromatic N) is 2. The standard InChI is InChI=1S/C15H9F3N2O3/c1-22-12-6-9(7-19)2-4-11(12)23-14(21)10-3-5-13(20-8-10)15(16,17)18/h2-6,8H,1H3. The number of carbonyl (C=O) groups excluding carboxylic acids is 1. The number of aromatic nitrogens is 1. The summed E-state index contributed by atoms with van der Waals surface area (Å²) in [4.78, 5) is 15.1. The summed E-state index contributed by atoms with van der Waals surface area (Å²) >= 11 is 0. The van der Waals surface area contributed by atoms with Gasteiger partial charge in [-0.15, -0.1) is 0 Å². The lowest BCUT2D eigenvalue weighted by Crippen LogP contribution is -2.12. The molecule has 118 valence electrons. The van der Waals surface area contributed by atoms with Crippen LogP contribution < -0.4 is 9.47 Å². The second-order valence-electron chi connectivity index (χ2n) is 4.30. The number of esters is 1. The molecule has 0 aliphatic heterocycles. The van der Waals surface area contributed by atoms with E-state index in [1.54, 1.807) is 0 Å². The second-order valence-corrected chi connectivity index (χ2v) is 4.30. The quantitative estimate of drug-likeness (QED) is 0.641. The first-order valence-corrected chi connectivity index (χ1v) is 6.18. The molecule has 0 amide bonds. The number of halogens is 3. The van der Waals surface area contributed by atoms with Crippen LogP contribution in [0.3, 0.4) is 0 Å². The van der Waals surface area contributed by atoms with E-state index in [2.05, 4.69) is 4.98 Å². The number of ether oxygens (including phenoxy) is 2. The fraction of sp³-hybridized carbons (Fsp3) is 0.133. The number of carbonyl (C=O) groups is 1. The summed E-state index contributed by atoms with van der Waals surface area (Å²) in [5, 5.41) is 8.79. The Bertz CT molecular complexity index is 765. The first kappa shape index (κ1) is 16.3. The zero-order chi connectivity index (χ0) is 17.0. The van der Waals surface area contributed by atoms with Crippen molar-refractivity contribution in [3.05, 3.63) is 53.3 Å². The summed E-state index contributed by atoms with van der Waals surface area (Å²) in [7, 11) is 1.33. The van der Waals surface area contributed by atoms with Crippen LogP contribution in [0, 0.1) is 11.3 Å². The van der Waals surface area contributed by atoms with Crippen LogP contribution in [-0.2, 0) is 6.18 Å². The van der Waals surface area contributed by atoms with Crippen LogP contribution in [0.15, 0.2) is 36.5 Å². The molecule has 0 aliphatic carbocycles. The molecule has 0 saturated carbocycles. The second kappa shape index (κ2) is 6.36. The molecule has 8 heteroatoms. The molecule has 5 nitrogen and oxygen atoms in total. The molecule has 0 atom stereocenters. The van der Waals surface area contributed by atoms with Gasteiger partial charge in [-0.1, -0.05) is 0 Å². The van der Waals surface area contributed by atoms with Crippen molar-refractivity contribution in [1.82, 2.24) is 4.98 Å². The number of hydrogen-bond acceptors (Lipinski definition) is 5. The van der Waals surface area contributed by atoms with E-state index in [0.717, 1.165) is 12.3 Å². The largest absolute Gasteiger partial charge is 0.493 e. The topological polar surface area (TPSA) is 72.2 Å². The molecular formula is C15H9F3N2O3. The first-order valence-electron chi connectivity index (χ1n) is 6.18. The van der Waals surface area contributed by atoms with E-state index in [4.69, 9.17) is 14.7 Å². The van der Waals surface area contributed by atoms with Crippen LogP contribution in [0.2, 0.25) is 0 Å². The van der Waals surface area contributed by atoms with Crippen molar-refractivity contribution < 1.29 is 27.4 Å². The summed E-state index contributed by atoms with van der Waals surface area (Å²) in [5.74, 6) is -0.706. The van der Waals surface area contributed by atoms with E-state index < -0.39 is 17.8 Å². The number of rotatable bonds is 3. The normalized spacial score (nSPS) is 10.7. The van der Waals surface area contributed by atoms with Gasteiger partial charge in [-0.25, -0.2) is 4.79 Å². The summed E-state index contributed by atoms with van der Waals surface area (Å²) in [6, 6.07) is 7.69. The summed E-state index contributed by atoms with van der Waals surface area (Å²) < 4.78 is 47.3. The average molecular weight is 322 g/mol. The van der Waals surface area contributed by atoms with Crippen molar-refractivity contribution >= 4 is 5.97 Å². The molecule has 0 aliphatic rings. The zero-order valence-electron chi connectivity index (χ0n) is 11.7. The van der Waals surface area contributed by atoms with Crippen molar-refractivity contribution in [2.75, 3.05) is 7.11 Å². The summed E-state index contributed by atoms with van der Waals surface area (Å²) in [6.45, 7) is 0. The van der Waals surface area contributed by atoms with Crippen molar-refractivity contribution in [3.63, 3.8) is 0 Å². The highest BCUT2D eigenvalue weighted by atomic mass is 19.4. The van der Waals surface area contributed by atoms with E-state index in [1.165, 1.54) is 25.3 Å². The molecule has 23 heavy (non-hydrogen) atoms. The lowest BCUT2D eigenvalue weighted by molar-refractivity contribution is -0.141. The van der Waals surface area contributed by atoms with Crippen LogP contribution in [0.1, 0.15) is 21.6 Å². The lowest BCUT2D eigenvalue weighted by atomic mass is 10.2. The Labute approximate surface area is 128 Å². The van der Waals surface area contributed by atoms with E-state index in [9.17, 15) is 18.0 Å². The fourth-order valence-electron chi connectivity index (χ4n) is 1.66. The number of benzene rings is 1. The molecule has 1 aromatic heterocycles. The average Bonchev–Trinajstić information content (AvgIpc) is 2.54. The van der Waals surface area contributed by atoms with Gasteiger partial charge >= 0.3 is 12.1 Å². The number of nitriles is 1.